The lowest BCUT2D eigenvalue weighted by Gasteiger charge is -2.07. The van der Waals surface area contributed by atoms with E-state index in [2.05, 4.69) is 4.98 Å². The summed E-state index contributed by atoms with van der Waals surface area (Å²) in [6.07, 6.45) is 1.64. The van der Waals surface area contributed by atoms with E-state index in [0.29, 0.717) is 18.4 Å². The lowest BCUT2D eigenvalue weighted by atomic mass is 10.5. The summed E-state index contributed by atoms with van der Waals surface area (Å²) >= 11 is 0. The van der Waals surface area contributed by atoms with Crippen LogP contribution in [0.25, 0.3) is 5.52 Å². The van der Waals surface area contributed by atoms with E-state index in [9.17, 15) is 0 Å². The lowest BCUT2D eigenvalue weighted by molar-refractivity contribution is 0.0902. The summed E-state index contributed by atoms with van der Waals surface area (Å²) in [5.74, 6) is 0.867. The summed E-state index contributed by atoms with van der Waals surface area (Å²) in [7, 11) is 0. The summed E-state index contributed by atoms with van der Waals surface area (Å²) < 4.78 is 1.61. The van der Waals surface area contributed by atoms with Crippen LogP contribution in [0, 0.1) is 0 Å². The van der Waals surface area contributed by atoms with Gasteiger partial charge >= 0.3 is 0 Å². The molecule has 0 aliphatic rings. The van der Waals surface area contributed by atoms with Gasteiger partial charge in [0.05, 0.1) is 11.7 Å². The Hall–Kier alpha value is -1.85. The molecule has 0 aliphatic heterocycles. The first kappa shape index (κ1) is 7.78. The Balaban J connectivity index is 2.67. The molecular weight excluding hydrogens is 170 g/mol. The summed E-state index contributed by atoms with van der Waals surface area (Å²) in [5.41, 5.74) is 12.1. The van der Waals surface area contributed by atoms with Gasteiger partial charge in [-0.2, -0.15) is 4.52 Å². The molecule has 13 heavy (non-hydrogen) atoms. The van der Waals surface area contributed by atoms with Crippen molar-refractivity contribution < 1.29 is 4.84 Å². The lowest BCUT2D eigenvalue weighted by Crippen LogP contribution is -2.19. The minimum atomic E-state index is 0.361. The highest BCUT2D eigenvalue weighted by atomic mass is 16.7. The van der Waals surface area contributed by atoms with Crippen LogP contribution < -0.4 is 16.3 Å². The van der Waals surface area contributed by atoms with Crippen LogP contribution in [0.3, 0.4) is 0 Å². The number of hydrogen-bond acceptors (Lipinski definition) is 4. The average molecular weight is 181 g/mol. The van der Waals surface area contributed by atoms with Gasteiger partial charge in [-0.05, 0) is 6.92 Å². The molecule has 0 aliphatic carbocycles. The second-order valence-electron chi connectivity index (χ2n) is 2.61. The molecule has 2 aromatic heterocycles. The van der Waals surface area contributed by atoms with E-state index in [4.69, 9.17) is 16.3 Å². The largest absolute Gasteiger partial charge is 0.396 e. The second kappa shape index (κ2) is 2.58. The Morgan fingerprint density at radius 2 is 2.31 bits per heavy atom. The van der Waals surface area contributed by atoms with E-state index in [1.165, 1.54) is 4.85 Å². The Kier molecular flexibility index (Phi) is 1.54. The molecule has 6 heteroatoms. The number of aromatic nitrogens is 3. The van der Waals surface area contributed by atoms with Gasteiger partial charge in [-0.3, -0.25) is 0 Å². The van der Waals surface area contributed by atoms with E-state index < -0.39 is 0 Å². The minimum Gasteiger partial charge on any atom is -0.396 e. The van der Waals surface area contributed by atoms with E-state index in [1.807, 2.05) is 6.92 Å². The predicted molar refractivity (Wildman–Crippen MR) is 49.1 cm³/mol. The van der Waals surface area contributed by atoms with Crippen LogP contribution in [-0.4, -0.2) is 21.0 Å². The van der Waals surface area contributed by atoms with Gasteiger partial charge in [0.2, 0.25) is 5.95 Å². The van der Waals surface area contributed by atoms with Gasteiger partial charge in [0.1, 0.15) is 6.61 Å². The third kappa shape index (κ3) is 0.986. The number of fused-ring (bicyclic) bond motifs is 1. The van der Waals surface area contributed by atoms with Gasteiger partial charge in [0, 0.05) is 6.07 Å². The normalized spacial score (nSPS) is 10.8. The van der Waals surface area contributed by atoms with Crippen LogP contribution in [0.15, 0.2) is 12.3 Å². The Morgan fingerprint density at radius 1 is 1.54 bits per heavy atom. The van der Waals surface area contributed by atoms with Crippen molar-refractivity contribution >= 4 is 17.3 Å². The van der Waals surface area contributed by atoms with E-state index in [1.54, 1.807) is 16.8 Å². The molecule has 0 saturated heterocycles. The van der Waals surface area contributed by atoms with Crippen molar-refractivity contribution in [2.45, 2.75) is 6.92 Å². The fourth-order valence-corrected chi connectivity index (χ4v) is 1.25. The SMILES string of the molecule is CCOn1c(N)cc2cnc(N)n21. The van der Waals surface area contributed by atoms with Crippen molar-refractivity contribution in [3.63, 3.8) is 0 Å². The van der Waals surface area contributed by atoms with Gasteiger partial charge in [0.25, 0.3) is 0 Å². The minimum absolute atomic E-state index is 0.361. The molecule has 0 bridgehead atoms. The third-order valence-electron chi connectivity index (χ3n) is 1.74. The molecule has 2 aromatic rings. The van der Waals surface area contributed by atoms with Crippen LogP contribution in [0.2, 0.25) is 0 Å². The zero-order chi connectivity index (χ0) is 9.42. The van der Waals surface area contributed by atoms with Crippen molar-refractivity contribution in [2.24, 2.45) is 0 Å². The number of nitrogens with two attached hydrogens (primary N) is 2. The number of rotatable bonds is 2. The smallest absolute Gasteiger partial charge is 0.222 e. The maximum Gasteiger partial charge on any atom is 0.222 e. The fourth-order valence-electron chi connectivity index (χ4n) is 1.25. The quantitative estimate of drug-likeness (QED) is 0.669. The molecule has 2 rings (SSSR count). The first-order chi connectivity index (χ1) is 6.24. The highest BCUT2D eigenvalue weighted by molar-refractivity contribution is 5.56. The molecule has 70 valence electrons. The zero-order valence-electron chi connectivity index (χ0n) is 7.27. The monoisotopic (exact) mass is 181 g/mol. The third-order valence-corrected chi connectivity index (χ3v) is 1.74. The molecule has 0 spiro atoms. The topological polar surface area (TPSA) is 83.5 Å². The summed E-state index contributed by atoms with van der Waals surface area (Å²) in [4.78, 5) is 10.6. The van der Waals surface area contributed by atoms with Gasteiger partial charge in [-0.1, -0.05) is 4.85 Å². The second-order valence-corrected chi connectivity index (χ2v) is 2.61. The number of nitrogens with zero attached hydrogens (tertiary/aromatic N) is 3. The maximum absolute atomic E-state index is 5.69. The Morgan fingerprint density at radius 3 is 3.00 bits per heavy atom. The number of anilines is 2. The number of imidazole rings is 1. The Bertz CT molecular complexity index is 429. The maximum atomic E-state index is 5.69. The predicted octanol–water partition coefficient (Wildman–Crippen LogP) is -0.251. The van der Waals surface area contributed by atoms with Crippen LogP contribution >= 0.6 is 0 Å². The molecule has 0 unspecified atom stereocenters. The Labute approximate surface area is 74.6 Å². The van der Waals surface area contributed by atoms with Gasteiger partial charge in [0.15, 0.2) is 5.82 Å². The molecule has 6 nitrogen and oxygen atoms in total. The molecule has 0 aromatic carbocycles. The first-order valence-electron chi connectivity index (χ1n) is 3.97. The molecule has 0 amide bonds. The fraction of sp³-hybridized carbons (Fsp3) is 0.286. The summed E-state index contributed by atoms with van der Waals surface area (Å²) in [6, 6.07) is 1.75. The number of nitrogen functional groups attached to an aromatic ring is 2. The van der Waals surface area contributed by atoms with Crippen molar-refractivity contribution in [3.8, 4) is 0 Å². The zero-order valence-corrected chi connectivity index (χ0v) is 7.27. The average Bonchev–Trinajstić information content (AvgIpc) is 2.57. The van der Waals surface area contributed by atoms with Crippen LogP contribution in [-0.2, 0) is 0 Å². The van der Waals surface area contributed by atoms with Crippen molar-refractivity contribution in [1.82, 2.24) is 14.3 Å². The molecule has 0 atom stereocenters. The van der Waals surface area contributed by atoms with Gasteiger partial charge in [-0.25, -0.2) is 4.98 Å². The van der Waals surface area contributed by atoms with Crippen LogP contribution in [0.5, 0.6) is 0 Å². The van der Waals surface area contributed by atoms with Crippen LogP contribution in [0.4, 0.5) is 11.8 Å². The highest BCUT2D eigenvalue weighted by Gasteiger charge is 2.09. The molecule has 4 N–H and O–H groups in total. The highest BCUT2D eigenvalue weighted by Crippen LogP contribution is 2.14. The van der Waals surface area contributed by atoms with Crippen LogP contribution in [0.1, 0.15) is 6.92 Å². The van der Waals surface area contributed by atoms with E-state index >= 15 is 0 Å². The molecule has 0 radical (unpaired) electrons. The van der Waals surface area contributed by atoms with Crippen molar-refractivity contribution in [1.29, 1.82) is 0 Å². The summed E-state index contributed by atoms with van der Waals surface area (Å²) in [6.45, 7) is 2.39. The first-order valence-corrected chi connectivity index (χ1v) is 3.97. The molecular formula is C7H11N5O. The van der Waals surface area contributed by atoms with Crippen molar-refractivity contribution in [2.75, 3.05) is 18.1 Å². The summed E-state index contributed by atoms with van der Waals surface area (Å²) in [5, 5.41) is 0. The molecule has 0 fully saturated rings. The van der Waals surface area contributed by atoms with Gasteiger partial charge in [-0.15, -0.1) is 0 Å². The van der Waals surface area contributed by atoms with E-state index in [0.717, 1.165) is 5.52 Å². The van der Waals surface area contributed by atoms with Crippen molar-refractivity contribution in [3.05, 3.63) is 12.3 Å². The van der Waals surface area contributed by atoms with Gasteiger partial charge < -0.3 is 16.3 Å². The van der Waals surface area contributed by atoms with E-state index in [-0.39, 0.29) is 0 Å². The molecule has 0 saturated carbocycles. The number of hydrogen-bond donors (Lipinski definition) is 2. The standard InChI is InChI=1S/C7H11N5O/c1-2-13-12-6(8)3-5-4-10-7(9)11(5)12/h3-4H,2,8H2,1H3,(H2,9,10). The molecule has 2 heterocycles.